The van der Waals surface area contributed by atoms with Crippen LogP contribution in [0.1, 0.15) is 72.6 Å². The Morgan fingerprint density at radius 1 is 0.882 bits per heavy atom. The molecule has 1 aliphatic heterocycles. The van der Waals surface area contributed by atoms with Crippen molar-refractivity contribution in [2.75, 3.05) is 6.61 Å². The quantitative estimate of drug-likeness (QED) is 0.325. The van der Waals surface area contributed by atoms with Gasteiger partial charge in [0.05, 0.1) is 24.4 Å². The minimum absolute atomic E-state index is 0.0712. The average molecular weight is 485 g/mol. The van der Waals surface area contributed by atoms with E-state index in [1.807, 2.05) is 6.92 Å². The summed E-state index contributed by atoms with van der Waals surface area (Å²) in [5.74, 6) is 0.736. The van der Waals surface area contributed by atoms with Crippen LogP contribution in [0, 0.1) is 34.0 Å². The largest absolute Gasteiger partial charge is 0.394 e. The minimum Gasteiger partial charge on any atom is -0.394 e. The number of ether oxygens (including phenoxy) is 2. The molecule has 0 aromatic heterocycles. The van der Waals surface area contributed by atoms with Crippen LogP contribution in [0.25, 0.3) is 0 Å². The Morgan fingerprint density at radius 2 is 1.59 bits per heavy atom. The molecule has 1 spiro atoms. The lowest BCUT2D eigenvalue weighted by molar-refractivity contribution is -0.324. The molecule has 5 aliphatic rings. The first-order chi connectivity index (χ1) is 15.7. The highest BCUT2D eigenvalue weighted by Crippen LogP contribution is 2.73. The van der Waals surface area contributed by atoms with Crippen LogP contribution in [0.4, 0.5) is 0 Å². The van der Waals surface area contributed by atoms with Gasteiger partial charge in [-0.2, -0.15) is 0 Å². The summed E-state index contributed by atoms with van der Waals surface area (Å²) >= 11 is 0. The summed E-state index contributed by atoms with van der Waals surface area (Å²) in [6.45, 7) is 8.11. The van der Waals surface area contributed by atoms with E-state index < -0.39 is 49.0 Å². The average Bonchev–Trinajstić information content (AvgIpc) is 2.90. The zero-order valence-electron chi connectivity index (χ0n) is 20.9. The summed E-state index contributed by atoms with van der Waals surface area (Å²) in [6, 6.07) is 0. The molecule has 6 N–H and O–H groups in total. The van der Waals surface area contributed by atoms with Crippen molar-refractivity contribution in [2.45, 2.75) is 121 Å². The lowest BCUT2D eigenvalue weighted by atomic mass is 9.40. The van der Waals surface area contributed by atoms with E-state index in [2.05, 4.69) is 20.8 Å². The van der Waals surface area contributed by atoms with Crippen molar-refractivity contribution < 1.29 is 40.1 Å². The van der Waals surface area contributed by atoms with Gasteiger partial charge >= 0.3 is 0 Å². The standard InChI is InChI=1S/C26H44O8/c1-23(2)8-14(33-22-20(31)19(30)18(29)16(11-27)34-22)9-24(3)17-6-5-13-7-26(17,12-25(13,4)32)10-15(28)21(23)24/h13-22,27-32H,5-12H2,1-4H3/t13-,14-,15-,16-,17+,18-,19-,20-,21+,22+,24+,25-,26-/m1/s1. The van der Waals surface area contributed by atoms with Crippen molar-refractivity contribution in [3.8, 4) is 0 Å². The van der Waals surface area contributed by atoms with Crippen LogP contribution < -0.4 is 0 Å². The van der Waals surface area contributed by atoms with Gasteiger partial charge in [-0.05, 0) is 85.9 Å². The van der Waals surface area contributed by atoms with E-state index in [0.717, 1.165) is 32.1 Å². The minimum atomic E-state index is -1.47. The van der Waals surface area contributed by atoms with Gasteiger partial charge in [-0.25, -0.2) is 0 Å². The summed E-state index contributed by atoms with van der Waals surface area (Å²) in [5, 5.41) is 63.1. The Bertz CT molecular complexity index is 785. The van der Waals surface area contributed by atoms with Crippen LogP contribution in [0.3, 0.4) is 0 Å². The summed E-state index contributed by atoms with van der Waals surface area (Å²) in [7, 11) is 0. The second kappa shape index (κ2) is 8.09. The Morgan fingerprint density at radius 3 is 2.26 bits per heavy atom. The van der Waals surface area contributed by atoms with Crippen LogP contribution in [-0.4, -0.2) is 85.8 Å². The number of aliphatic hydroxyl groups excluding tert-OH is 5. The van der Waals surface area contributed by atoms with Crippen molar-refractivity contribution in [3.63, 3.8) is 0 Å². The van der Waals surface area contributed by atoms with E-state index in [9.17, 15) is 30.6 Å². The number of hydrogen-bond acceptors (Lipinski definition) is 8. The first-order valence-corrected chi connectivity index (χ1v) is 13.1. The molecule has 0 aromatic rings. The third kappa shape index (κ3) is 3.63. The zero-order valence-corrected chi connectivity index (χ0v) is 20.9. The molecule has 5 fully saturated rings. The van der Waals surface area contributed by atoms with E-state index in [0.29, 0.717) is 18.8 Å². The van der Waals surface area contributed by atoms with Crippen molar-refractivity contribution in [3.05, 3.63) is 0 Å². The van der Waals surface area contributed by atoms with Crippen molar-refractivity contribution >= 4 is 0 Å². The number of hydrogen-bond donors (Lipinski definition) is 6. The fraction of sp³-hybridized carbons (Fsp3) is 1.00. The maximum absolute atomic E-state index is 11.5. The lowest BCUT2D eigenvalue weighted by Crippen LogP contribution is -2.64. The Labute approximate surface area is 202 Å². The van der Waals surface area contributed by atoms with Crippen LogP contribution in [0.2, 0.25) is 0 Å². The van der Waals surface area contributed by atoms with Gasteiger partial charge in [-0.15, -0.1) is 0 Å². The molecule has 0 unspecified atom stereocenters. The van der Waals surface area contributed by atoms with Gasteiger partial charge in [-0.1, -0.05) is 20.8 Å². The predicted octanol–water partition coefficient (Wildman–Crippen LogP) is 0.936. The second-order valence-corrected chi connectivity index (χ2v) is 13.5. The van der Waals surface area contributed by atoms with Crippen molar-refractivity contribution in [2.24, 2.45) is 34.0 Å². The van der Waals surface area contributed by atoms with Crippen LogP contribution in [0.15, 0.2) is 0 Å². The monoisotopic (exact) mass is 484 g/mol. The molecule has 1 saturated heterocycles. The topological polar surface area (TPSA) is 140 Å². The first-order valence-electron chi connectivity index (χ1n) is 13.1. The fourth-order valence-electron chi connectivity index (χ4n) is 9.93. The Kier molecular flexibility index (Phi) is 6.03. The van der Waals surface area contributed by atoms with Gasteiger partial charge in [0, 0.05) is 0 Å². The summed E-state index contributed by atoms with van der Waals surface area (Å²) in [5.41, 5.74) is -1.21. The molecule has 0 amide bonds. The molecule has 0 radical (unpaired) electrons. The molecule has 13 atom stereocenters. The highest BCUT2D eigenvalue weighted by Gasteiger charge is 2.69. The molecular weight excluding hydrogens is 440 g/mol. The molecule has 1 heterocycles. The van der Waals surface area contributed by atoms with Gasteiger partial charge < -0.3 is 40.1 Å². The third-order valence-electron chi connectivity index (χ3n) is 10.7. The van der Waals surface area contributed by atoms with Crippen LogP contribution in [0.5, 0.6) is 0 Å². The Hall–Kier alpha value is -0.320. The van der Waals surface area contributed by atoms with E-state index in [-0.39, 0.29) is 34.2 Å². The first kappa shape index (κ1) is 25.3. The molecule has 4 saturated carbocycles. The van der Waals surface area contributed by atoms with Crippen molar-refractivity contribution in [1.29, 1.82) is 0 Å². The van der Waals surface area contributed by atoms with Gasteiger partial charge in [0.15, 0.2) is 6.29 Å². The van der Waals surface area contributed by atoms with E-state index >= 15 is 0 Å². The molecule has 34 heavy (non-hydrogen) atoms. The second-order valence-electron chi connectivity index (χ2n) is 13.5. The van der Waals surface area contributed by atoms with Crippen LogP contribution in [-0.2, 0) is 9.47 Å². The third-order valence-corrected chi connectivity index (χ3v) is 10.7. The number of fused-ring (bicyclic) bond motifs is 3. The molecule has 0 aromatic carbocycles. The van der Waals surface area contributed by atoms with Gasteiger partial charge in [0.1, 0.15) is 24.4 Å². The van der Waals surface area contributed by atoms with E-state index in [1.165, 1.54) is 0 Å². The Balaban J connectivity index is 1.43. The predicted molar refractivity (Wildman–Crippen MR) is 122 cm³/mol. The van der Waals surface area contributed by atoms with Crippen molar-refractivity contribution in [1.82, 2.24) is 0 Å². The summed E-state index contributed by atoms with van der Waals surface area (Å²) < 4.78 is 12.0. The number of aliphatic hydroxyl groups is 6. The molecule has 8 heteroatoms. The van der Waals surface area contributed by atoms with E-state index in [1.54, 1.807) is 0 Å². The van der Waals surface area contributed by atoms with E-state index in [4.69, 9.17) is 9.47 Å². The smallest absolute Gasteiger partial charge is 0.186 e. The SMILES string of the molecule is CC1(C)C[C@@H](O[C@H]2O[C@H](CO)[C@@H](O)[C@@H](O)[C@H]2O)C[C@@]2(C)[C@@H]3CC[C@@H]4C[C@@]3(C[C@@H](O)[C@@H]12)C[C@@]4(C)O. The summed E-state index contributed by atoms with van der Waals surface area (Å²) in [6.07, 6.45) is -1.36. The number of rotatable bonds is 3. The summed E-state index contributed by atoms with van der Waals surface area (Å²) in [4.78, 5) is 0. The molecular formula is C26H44O8. The molecule has 196 valence electrons. The molecule has 4 aliphatic carbocycles. The van der Waals surface area contributed by atoms with Gasteiger partial charge in [-0.3, -0.25) is 0 Å². The fourth-order valence-corrected chi connectivity index (χ4v) is 9.93. The van der Waals surface area contributed by atoms with Gasteiger partial charge in [0.25, 0.3) is 0 Å². The lowest BCUT2D eigenvalue weighted by Gasteiger charge is -2.66. The van der Waals surface area contributed by atoms with Crippen LogP contribution >= 0.6 is 0 Å². The molecule has 5 rings (SSSR count). The molecule has 2 bridgehead atoms. The molecule has 8 nitrogen and oxygen atoms in total. The van der Waals surface area contributed by atoms with Gasteiger partial charge in [0.2, 0.25) is 0 Å². The maximum Gasteiger partial charge on any atom is 0.186 e. The maximum atomic E-state index is 11.5. The highest BCUT2D eigenvalue weighted by atomic mass is 16.7. The normalized spacial score (nSPS) is 58.8. The highest BCUT2D eigenvalue weighted by molar-refractivity contribution is 5.18. The zero-order chi connectivity index (χ0) is 24.8.